The summed E-state index contributed by atoms with van der Waals surface area (Å²) in [7, 11) is 0. The summed E-state index contributed by atoms with van der Waals surface area (Å²) >= 11 is 7.62. The molecule has 0 saturated heterocycles. The summed E-state index contributed by atoms with van der Waals surface area (Å²) in [5.74, 6) is 0.856. The summed E-state index contributed by atoms with van der Waals surface area (Å²) in [4.78, 5) is 12.5. The van der Waals surface area contributed by atoms with Crippen LogP contribution in [0.2, 0.25) is 4.34 Å². The van der Waals surface area contributed by atoms with Crippen molar-refractivity contribution in [1.82, 2.24) is 14.9 Å². The van der Waals surface area contributed by atoms with E-state index in [2.05, 4.69) is 20.9 Å². The zero-order chi connectivity index (χ0) is 12.5. The van der Waals surface area contributed by atoms with Gasteiger partial charge in [0.05, 0.1) is 10.0 Å². The minimum Gasteiger partial charge on any atom is -0.292 e. The Bertz CT molecular complexity index is 567. The SMILES string of the molecule is Cc1ncc2c(n1)CN(Cc1ccc(Cl)s1)CC2. The molecular weight excluding hydrogens is 266 g/mol. The second-order valence-electron chi connectivity index (χ2n) is 4.56. The smallest absolute Gasteiger partial charge is 0.125 e. The van der Waals surface area contributed by atoms with Gasteiger partial charge in [0.15, 0.2) is 0 Å². The van der Waals surface area contributed by atoms with Crippen LogP contribution in [0.15, 0.2) is 18.3 Å². The summed E-state index contributed by atoms with van der Waals surface area (Å²) in [6.07, 6.45) is 3.01. The van der Waals surface area contributed by atoms with Crippen LogP contribution in [0.1, 0.15) is 22.0 Å². The van der Waals surface area contributed by atoms with Gasteiger partial charge in [0.1, 0.15) is 5.82 Å². The first-order chi connectivity index (χ1) is 8.70. The van der Waals surface area contributed by atoms with Gasteiger partial charge in [-0.1, -0.05) is 11.6 Å². The highest BCUT2D eigenvalue weighted by atomic mass is 35.5. The zero-order valence-corrected chi connectivity index (χ0v) is 11.8. The molecule has 0 fully saturated rings. The Morgan fingerprint density at radius 1 is 1.44 bits per heavy atom. The van der Waals surface area contributed by atoms with Crippen LogP contribution in [0, 0.1) is 6.92 Å². The van der Waals surface area contributed by atoms with Crippen molar-refractivity contribution < 1.29 is 0 Å². The topological polar surface area (TPSA) is 29.0 Å². The molecule has 0 amide bonds. The number of rotatable bonds is 2. The van der Waals surface area contributed by atoms with Crippen LogP contribution >= 0.6 is 22.9 Å². The first kappa shape index (κ1) is 12.1. The molecule has 3 rings (SSSR count). The molecule has 2 aromatic heterocycles. The molecular formula is C13H14ClN3S. The van der Waals surface area contributed by atoms with Crippen molar-refractivity contribution >= 4 is 22.9 Å². The second-order valence-corrected chi connectivity index (χ2v) is 6.36. The molecule has 0 unspecified atom stereocenters. The van der Waals surface area contributed by atoms with E-state index in [1.165, 1.54) is 16.1 Å². The number of halogens is 1. The predicted molar refractivity (Wildman–Crippen MR) is 73.9 cm³/mol. The van der Waals surface area contributed by atoms with Crippen molar-refractivity contribution in [3.63, 3.8) is 0 Å². The molecule has 3 nitrogen and oxygen atoms in total. The summed E-state index contributed by atoms with van der Waals surface area (Å²) in [6.45, 7) is 4.88. The first-order valence-corrected chi connectivity index (χ1v) is 7.18. The average molecular weight is 280 g/mol. The molecule has 0 saturated carbocycles. The van der Waals surface area contributed by atoms with Crippen LogP contribution in [0.5, 0.6) is 0 Å². The largest absolute Gasteiger partial charge is 0.292 e. The lowest BCUT2D eigenvalue weighted by molar-refractivity contribution is 0.243. The van der Waals surface area contributed by atoms with Crippen molar-refractivity contribution in [1.29, 1.82) is 0 Å². The van der Waals surface area contributed by atoms with E-state index >= 15 is 0 Å². The van der Waals surface area contributed by atoms with E-state index < -0.39 is 0 Å². The summed E-state index contributed by atoms with van der Waals surface area (Å²) < 4.78 is 0.862. The summed E-state index contributed by atoms with van der Waals surface area (Å²) in [5, 5.41) is 0. The van der Waals surface area contributed by atoms with E-state index in [9.17, 15) is 0 Å². The quantitative estimate of drug-likeness (QED) is 0.846. The van der Waals surface area contributed by atoms with E-state index in [1.807, 2.05) is 19.2 Å². The highest BCUT2D eigenvalue weighted by molar-refractivity contribution is 7.16. The fourth-order valence-electron chi connectivity index (χ4n) is 2.25. The Hall–Kier alpha value is -0.970. The van der Waals surface area contributed by atoms with Crippen molar-refractivity contribution in [3.8, 4) is 0 Å². The standard InChI is InChI=1S/C13H14ClN3S/c1-9-15-6-10-4-5-17(8-12(10)16-9)7-11-2-3-13(14)18-11/h2-3,6H,4-5,7-8H2,1H3. The number of aromatic nitrogens is 2. The van der Waals surface area contributed by atoms with Gasteiger partial charge < -0.3 is 0 Å². The molecule has 0 atom stereocenters. The average Bonchev–Trinajstić information content (AvgIpc) is 2.74. The van der Waals surface area contributed by atoms with Crippen molar-refractivity contribution in [2.24, 2.45) is 0 Å². The predicted octanol–water partition coefficient (Wildman–Crippen LogP) is 3.06. The third-order valence-electron chi connectivity index (χ3n) is 3.15. The third-order valence-corrected chi connectivity index (χ3v) is 4.37. The van der Waals surface area contributed by atoms with E-state index in [1.54, 1.807) is 11.3 Å². The maximum Gasteiger partial charge on any atom is 0.125 e. The normalized spacial score (nSPS) is 15.7. The highest BCUT2D eigenvalue weighted by Gasteiger charge is 2.18. The fraction of sp³-hybridized carbons (Fsp3) is 0.385. The highest BCUT2D eigenvalue weighted by Crippen LogP contribution is 2.25. The third kappa shape index (κ3) is 2.55. The van der Waals surface area contributed by atoms with Gasteiger partial charge in [-0.3, -0.25) is 4.90 Å². The zero-order valence-electron chi connectivity index (χ0n) is 10.2. The molecule has 5 heteroatoms. The molecule has 1 aliphatic rings. The van der Waals surface area contributed by atoms with Crippen LogP contribution in [-0.2, 0) is 19.5 Å². The molecule has 2 aromatic rings. The maximum atomic E-state index is 5.96. The Morgan fingerprint density at radius 3 is 3.11 bits per heavy atom. The van der Waals surface area contributed by atoms with Gasteiger partial charge in [-0.2, -0.15) is 0 Å². The first-order valence-electron chi connectivity index (χ1n) is 5.98. The van der Waals surface area contributed by atoms with E-state index in [-0.39, 0.29) is 0 Å². The Kier molecular flexibility index (Phi) is 3.33. The fourth-order valence-corrected chi connectivity index (χ4v) is 3.38. The maximum absolute atomic E-state index is 5.96. The molecule has 0 N–H and O–H groups in total. The second kappa shape index (κ2) is 4.96. The van der Waals surface area contributed by atoms with Crippen LogP contribution in [0.25, 0.3) is 0 Å². The number of hydrogen-bond acceptors (Lipinski definition) is 4. The van der Waals surface area contributed by atoms with Crippen LogP contribution in [0.4, 0.5) is 0 Å². The van der Waals surface area contributed by atoms with Crippen molar-refractivity contribution in [3.05, 3.63) is 44.6 Å². The molecule has 0 aliphatic carbocycles. The molecule has 18 heavy (non-hydrogen) atoms. The van der Waals surface area contributed by atoms with Gasteiger partial charge in [0.25, 0.3) is 0 Å². The number of fused-ring (bicyclic) bond motifs is 1. The number of hydrogen-bond donors (Lipinski definition) is 0. The Morgan fingerprint density at radius 2 is 2.33 bits per heavy atom. The minimum absolute atomic E-state index is 0.856. The van der Waals surface area contributed by atoms with Gasteiger partial charge >= 0.3 is 0 Å². The monoisotopic (exact) mass is 279 g/mol. The number of thiophene rings is 1. The number of aryl methyl sites for hydroxylation is 1. The lowest BCUT2D eigenvalue weighted by Gasteiger charge is -2.27. The van der Waals surface area contributed by atoms with Gasteiger partial charge in [-0.25, -0.2) is 9.97 Å². The number of nitrogens with zero attached hydrogens (tertiary/aromatic N) is 3. The molecule has 0 spiro atoms. The lowest BCUT2D eigenvalue weighted by Crippen LogP contribution is -2.30. The van der Waals surface area contributed by atoms with Gasteiger partial charge in [-0.15, -0.1) is 11.3 Å². The van der Waals surface area contributed by atoms with Gasteiger partial charge in [0.2, 0.25) is 0 Å². The summed E-state index contributed by atoms with van der Waals surface area (Å²) in [6, 6.07) is 4.07. The van der Waals surface area contributed by atoms with Crippen LogP contribution in [-0.4, -0.2) is 21.4 Å². The van der Waals surface area contributed by atoms with Crippen LogP contribution in [0.3, 0.4) is 0 Å². The Balaban J connectivity index is 1.74. The van der Waals surface area contributed by atoms with Gasteiger partial charge in [0, 0.05) is 30.7 Å². The Labute approximate surface area is 115 Å². The van der Waals surface area contributed by atoms with E-state index in [0.29, 0.717) is 0 Å². The molecule has 0 aromatic carbocycles. The van der Waals surface area contributed by atoms with Crippen molar-refractivity contribution in [2.75, 3.05) is 6.54 Å². The van der Waals surface area contributed by atoms with E-state index in [0.717, 1.165) is 36.2 Å². The molecule has 0 bridgehead atoms. The van der Waals surface area contributed by atoms with Crippen molar-refractivity contribution in [2.45, 2.75) is 26.4 Å². The molecule has 94 valence electrons. The van der Waals surface area contributed by atoms with E-state index in [4.69, 9.17) is 11.6 Å². The molecule has 1 aliphatic heterocycles. The van der Waals surface area contributed by atoms with Crippen LogP contribution < -0.4 is 0 Å². The molecule has 0 radical (unpaired) electrons. The minimum atomic E-state index is 0.856. The van der Waals surface area contributed by atoms with Gasteiger partial charge in [-0.05, 0) is 31.0 Å². The molecule has 3 heterocycles. The lowest BCUT2D eigenvalue weighted by atomic mass is 10.1. The summed E-state index contributed by atoms with van der Waals surface area (Å²) in [5.41, 5.74) is 2.47.